The van der Waals surface area contributed by atoms with Gasteiger partial charge in [-0.15, -0.1) is 0 Å². The maximum absolute atomic E-state index is 5.03. The van der Waals surface area contributed by atoms with Gasteiger partial charge in [0.05, 0.1) is 7.11 Å². The van der Waals surface area contributed by atoms with E-state index < -0.39 is 0 Å². The Morgan fingerprint density at radius 2 is 2.06 bits per heavy atom. The largest absolute Gasteiger partial charge is 0.481 e. The molecule has 2 aromatic rings. The number of anilines is 2. The van der Waals surface area contributed by atoms with Gasteiger partial charge in [0, 0.05) is 32.1 Å². The standard InChI is InChI=1S/C12H15N5O/c1-13-10-7-9(3-5-14-10)8-16-12-15-6-4-11(17-12)18-2/h3-7H,8H2,1-2H3,(H,13,14)(H,15,16,17). The summed E-state index contributed by atoms with van der Waals surface area (Å²) in [5.74, 6) is 1.91. The highest BCUT2D eigenvalue weighted by Crippen LogP contribution is 2.10. The Kier molecular flexibility index (Phi) is 3.90. The molecule has 0 fully saturated rings. The lowest BCUT2D eigenvalue weighted by Crippen LogP contribution is -2.04. The molecule has 0 radical (unpaired) electrons. The van der Waals surface area contributed by atoms with Crippen molar-refractivity contribution in [2.45, 2.75) is 6.54 Å². The molecule has 94 valence electrons. The van der Waals surface area contributed by atoms with Crippen LogP contribution in [0.2, 0.25) is 0 Å². The van der Waals surface area contributed by atoms with Crippen molar-refractivity contribution in [3.8, 4) is 5.88 Å². The second kappa shape index (κ2) is 5.81. The molecule has 0 aromatic carbocycles. The average molecular weight is 245 g/mol. The summed E-state index contributed by atoms with van der Waals surface area (Å²) in [7, 11) is 3.42. The molecule has 0 spiro atoms. The lowest BCUT2D eigenvalue weighted by Gasteiger charge is -2.07. The molecular formula is C12H15N5O. The van der Waals surface area contributed by atoms with E-state index in [-0.39, 0.29) is 0 Å². The Balaban J connectivity index is 2.01. The van der Waals surface area contributed by atoms with Crippen LogP contribution in [0.4, 0.5) is 11.8 Å². The Morgan fingerprint density at radius 1 is 1.22 bits per heavy atom. The van der Waals surface area contributed by atoms with Crippen LogP contribution < -0.4 is 15.4 Å². The Bertz CT molecular complexity index is 470. The number of hydrogen-bond acceptors (Lipinski definition) is 6. The molecule has 0 saturated carbocycles. The molecular weight excluding hydrogens is 230 g/mol. The summed E-state index contributed by atoms with van der Waals surface area (Å²) in [4.78, 5) is 12.4. The van der Waals surface area contributed by atoms with Gasteiger partial charge in [-0.05, 0) is 17.7 Å². The fraction of sp³-hybridized carbons (Fsp3) is 0.250. The number of hydrogen-bond donors (Lipinski definition) is 2. The summed E-state index contributed by atoms with van der Waals surface area (Å²) < 4.78 is 5.03. The average Bonchev–Trinajstić information content (AvgIpc) is 2.45. The van der Waals surface area contributed by atoms with Crippen LogP contribution >= 0.6 is 0 Å². The summed E-state index contributed by atoms with van der Waals surface area (Å²) in [5, 5.41) is 6.12. The monoisotopic (exact) mass is 245 g/mol. The van der Waals surface area contributed by atoms with Crippen LogP contribution in [-0.2, 0) is 6.54 Å². The van der Waals surface area contributed by atoms with E-state index in [1.165, 1.54) is 0 Å². The molecule has 2 aromatic heterocycles. The minimum absolute atomic E-state index is 0.539. The smallest absolute Gasteiger partial charge is 0.226 e. The van der Waals surface area contributed by atoms with Crippen molar-refractivity contribution in [1.29, 1.82) is 0 Å². The van der Waals surface area contributed by atoms with Gasteiger partial charge in [-0.3, -0.25) is 0 Å². The van der Waals surface area contributed by atoms with Gasteiger partial charge >= 0.3 is 0 Å². The van der Waals surface area contributed by atoms with E-state index in [4.69, 9.17) is 4.74 Å². The SMILES string of the molecule is CNc1cc(CNc2nccc(OC)n2)ccn1. The van der Waals surface area contributed by atoms with Gasteiger partial charge in [0.25, 0.3) is 0 Å². The van der Waals surface area contributed by atoms with Gasteiger partial charge in [0.15, 0.2) is 0 Å². The normalized spacial score (nSPS) is 9.89. The minimum Gasteiger partial charge on any atom is -0.481 e. The third-order valence-corrected chi connectivity index (χ3v) is 2.37. The molecule has 2 N–H and O–H groups in total. The van der Waals surface area contributed by atoms with Gasteiger partial charge in [-0.25, -0.2) is 9.97 Å². The van der Waals surface area contributed by atoms with Crippen LogP contribution in [0.5, 0.6) is 5.88 Å². The van der Waals surface area contributed by atoms with Crippen LogP contribution in [0.3, 0.4) is 0 Å². The molecule has 2 rings (SSSR count). The van der Waals surface area contributed by atoms with E-state index in [0.29, 0.717) is 18.4 Å². The van der Waals surface area contributed by atoms with E-state index in [0.717, 1.165) is 11.4 Å². The number of pyridine rings is 1. The van der Waals surface area contributed by atoms with Crippen LogP contribution in [0.15, 0.2) is 30.6 Å². The lowest BCUT2D eigenvalue weighted by atomic mass is 10.2. The van der Waals surface area contributed by atoms with E-state index in [2.05, 4.69) is 25.6 Å². The number of methoxy groups -OCH3 is 1. The first-order valence-electron chi connectivity index (χ1n) is 5.55. The van der Waals surface area contributed by atoms with Crippen LogP contribution in [0.1, 0.15) is 5.56 Å². The zero-order valence-corrected chi connectivity index (χ0v) is 10.3. The predicted molar refractivity (Wildman–Crippen MR) is 69.7 cm³/mol. The van der Waals surface area contributed by atoms with Crippen LogP contribution in [0, 0.1) is 0 Å². The zero-order valence-electron chi connectivity index (χ0n) is 10.3. The Morgan fingerprint density at radius 3 is 2.83 bits per heavy atom. The van der Waals surface area contributed by atoms with Crippen molar-refractivity contribution < 1.29 is 4.74 Å². The number of nitrogens with one attached hydrogen (secondary N) is 2. The molecule has 0 saturated heterocycles. The van der Waals surface area contributed by atoms with Crippen LogP contribution in [0.25, 0.3) is 0 Å². The van der Waals surface area contributed by atoms with Crippen molar-refractivity contribution in [2.75, 3.05) is 24.8 Å². The van der Waals surface area contributed by atoms with E-state index in [9.17, 15) is 0 Å². The Hall–Kier alpha value is -2.37. The first-order valence-corrected chi connectivity index (χ1v) is 5.55. The highest BCUT2D eigenvalue weighted by atomic mass is 16.5. The summed E-state index contributed by atoms with van der Waals surface area (Å²) >= 11 is 0. The number of nitrogens with zero attached hydrogens (tertiary/aromatic N) is 3. The highest BCUT2D eigenvalue weighted by Gasteiger charge is 2.00. The fourth-order valence-electron chi connectivity index (χ4n) is 1.44. The molecule has 0 aliphatic heterocycles. The van der Waals surface area contributed by atoms with E-state index in [1.54, 1.807) is 25.6 Å². The number of aromatic nitrogens is 3. The summed E-state index contributed by atoms with van der Waals surface area (Å²) in [6.45, 7) is 0.629. The van der Waals surface area contributed by atoms with Crippen molar-refractivity contribution >= 4 is 11.8 Å². The maximum atomic E-state index is 5.03. The second-order valence-electron chi connectivity index (χ2n) is 3.58. The number of ether oxygens (including phenoxy) is 1. The van der Waals surface area contributed by atoms with Gasteiger partial charge in [-0.1, -0.05) is 0 Å². The van der Waals surface area contributed by atoms with Crippen molar-refractivity contribution in [3.05, 3.63) is 36.2 Å². The third kappa shape index (κ3) is 3.07. The predicted octanol–water partition coefficient (Wildman–Crippen LogP) is 1.53. The zero-order chi connectivity index (χ0) is 12.8. The van der Waals surface area contributed by atoms with Gasteiger partial charge in [0.1, 0.15) is 5.82 Å². The Labute approximate surface area is 105 Å². The molecule has 2 heterocycles. The minimum atomic E-state index is 0.539. The fourth-order valence-corrected chi connectivity index (χ4v) is 1.44. The summed E-state index contributed by atoms with van der Waals surface area (Å²) in [6.07, 6.45) is 3.41. The van der Waals surface area contributed by atoms with Gasteiger partial charge < -0.3 is 15.4 Å². The van der Waals surface area contributed by atoms with Crippen molar-refractivity contribution in [1.82, 2.24) is 15.0 Å². The molecule has 0 unspecified atom stereocenters. The second-order valence-corrected chi connectivity index (χ2v) is 3.58. The maximum Gasteiger partial charge on any atom is 0.226 e. The van der Waals surface area contributed by atoms with Crippen molar-refractivity contribution in [3.63, 3.8) is 0 Å². The quantitative estimate of drug-likeness (QED) is 0.832. The summed E-state index contributed by atoms with van der Waals surface area (Å²) in [5.41, 5.74) is 1.10. The molecule has 6 heteroatoms. The first-order chi connectivity index (χ1) is 8.81. The molecule has 0 amide bonds. The van der Waals surface area contributed by atoms with Crippen molar-refractivity contribution in [2.24, 2.45) is 0 Å². The molecule has 6 nitrogen and oxygen atoms in total. The molecule has 0 bridgehead atoms. The van der Waals surface area contributed by atoms with Gasteiger partial charge in [-0.2, -0.15) is 4.98 Å². The lowest BCUT2D eigenvalue weighted by molar-refractivity contribution is 0.397. The first kappa shape index (κ1) is 12.1. The molecule has 0 aliphatic rings. The van der Waals surface area contributed by atoms with Gasteiger partial charge in [0.2, 0.25) is 11.8 Å². The molecule has 18 heavy (non-hydrogen) atoms. The molecule has 0 atom stereocenters. The van der Waals surface area contributed by atoms with Crippen LogP contribution in [-0.4, -0.2) is 29.1 Å². The third-order valence-electron chi connectivity index (χ3n) is 2.37. The topological polar surface area (TPSA) is 72.0 Å². The van der Waals surface area contributed by atoms with E-state index in [1.807, 2.05) is 19.2 Å². The molecule has 0 aliphatic carbocycles. The van der Waals surface area contributed by atoms with E-state index >= 15 is 0 Å². The summed E-state index contributed by atoms with van der Waals surface area (Å²) in [6, 6.07) is 5.61. The number of rotatable bonds is 5. The highest BCUT2D eigenvalue weighted by molar-refractivity contribution is 5.38.